The Balaban J connectivity index is 2.11. The summed E-state index contributed by atoms with van der Waals surface area (Å²) in [5, 5.41) is 6.75. The van der Waals surface area contributed by atoms with E-state index in [0.717, 1.165) is 49.4 Å². The van der Waals surface area contributed by atoms with Gasteiger partial charge in [0.05, 0.1) is 25.4 Å². The first-order valence-electron chi connectivity index (χ1n) is 11.7. The highest BCUT2D eigenvalue weighted by atomic mass is 16.5. The summed E-state index contributed by atoms with van der Waals surface area (Å²) in [7, 11) is 3.46. The Labute approximate surface area is 192 Å². The van der Waals surface area contributed by atoms with Crippen molar-refractivity contribution in [2.24, 2.45) is 4.99 Å². The minimum absolute atomic E-state index is 0.0515. The first-order valence-corrected chi connectivity index (χ1v) is 11.7. The number of nitrogens with zero attached hydrogens (tertiary/aromatic N) is 2. The summed E-state index contributed by atoms with van der Waals surface area (Å²) in [6.07, 6.45) is 4.15. The number of ether oxygens (including phenoxy) is 3. The zero-order valence-electron chi connectivity index (χ0n) is 20.3. The van der Waals surface area contributed by atoms with Crippen molar-refractivity contribution in [1.29, 1.82) is 0 Å². The molecule has 1 amide bonds. The molecule has 2 N–H and O–H groups in total. The minimum Gasteiger partial charge on any atom is -0.490 e. The fourth-order valence-electron chi connectivity index (χ4n) is 3.20. The smallest absolute Gasteiger partial charge is 0.243 e. The Bertz CT molecular complexity index is 733. The van der Waals surface area contributed by atoms with Gasteiger partial charge in [0.2, 0.25) is 5.91 Å². The number of carbonyl (C=O) groups excluding carboxylic acids is 1. The largest absolute Gasteiger partial charge is 0.490 e. The first-order chi connectivity index (χ1) is 15.4. The average molecular weight is 449 g/mol. The van der Waals surface area contributed by atoms with Crippen LogP contribution in [0, 0.1) is 0 Å². The molecule has 0 radical (unpaired) electrons. The molecular weight excluding hydrogens is 408 g/mol. The lowest BCUT2D eigenvalue weighted by atomic mass is 10.1. The van der Waals surface area contributed by atoms with Crippen molar-refractivity contribution < 1.29 is 19.0 Å². The number of amides is 1. The number of carbonyl (C=O) groups is 1. The van der Waals surface area contributed by atoms with Crippen molar-refractivity contribution in [3.05, 3.63) is 23.8 Å². The minimum atomic E-state index is -0.0523. The molecule has 8 heteroatoms. The van der Waals surface area contributed by atoms with Crippen LogP contribution in [0.3, 0.4) is 0 Å². The highest BCUT2D eigenvalue weighted by molar-refractivity contribution is 5.85. The third-order valence-corrected chi connectivity index (χ3v) is 5.14. The van der Waals surface area contributed by atoms with Crippen molar-refractivity contribution in [2.45, 2.75) is 58.6 Å². The molecule has 1 aliphatic heterocycles. The van der Waals surface area contributed by atoms with E-state index < -0.39 is 0 Å². The summed E-state index contributed by atoms with van der Waals surface area (Å²) in [5.41, 5.74) is 1.05. The topological polar surface area (TPSA) is 84.4 Å². The molecule has 1 aliphatic rings. The number of aliphatic imine (C=N–C) groups is 1. The molecule has 2 atom stereocenters. The summed E-state index contributed by atoms with van der Waals surface area (Å²) in [5.74, 6) is 2.05. The van der Waals surface area contributed by atoms with Gasteiger partial charge in [-0.15, -0.1) is 0 Å². The first kappa shape index (κ1) is 25.8. The maximum Gasteiger partial charge on any atom is 0.243 e. The highest BCUT2D eigenvalue weighted by Crippen LogP contribution is 2.31. The molecule has 0 aliphatic carbocycles. The lowest BCUT2D eigenvalue weighted by Gasteiger charge is -2.21. The molecule has 8 nitrogen and oxygen atoms in total. The second kappa shape index (κ2) is 13.8. The van der Waals surface area contributed by atoms with Gasteiger partial charge < -0.3 is 29.7 Å². The summed E-state index contributed by atoms with van der Waals surface area (Å²) < 4.78 is 17.5. The predicted octanol–water partition coefficient (Wildman–Crippen LogP) is 3.13. The predicted molar refractivity (Wildman–Crippen MR) is 128 cm³/mol. The molecule has 1 fully saturated rings. The molecule has 0 saturated carbocycles. The van der Waals surface area contributed by atoms with Crippen LogP contribution in [0.5, 0.6) is 11.5 Å². The summed E-state index contributed by atoms with van der Waals surface area (Å²) in [6, 6.07) is 5.95. The van der Waals surface area contributed by atoms with Crippen molar-refractivity contribution >= 4 is 11.9 Å². The molecule has 1 heterocycles. The average Bonchev–Trinajstić information content (AvgIpc) is 3.31. The molecule has 1 saturated heterocycles. The maximum atomic E-state index is 12.0. The summed E-state index contributed by atoms with van der Waals surface area (Å²) in [4.78, 5) is 18.1. The quantitative estimate of drug-likeness (QED) is 0.378. The maximum absolute atomic E-state index is 12.0. The molecule has 180 valence electrons. The number of guanidine groups is 1. The Morgan fingerprint density at radius 3 is 2.56 bits per heavy atom. The van der Waals surface area contributed by atoms with E-state index in [4.69, 9.17) is 14.2 Å². The fraction of sp³-hybridized carbons (Fsp3) is 0.667. The lowest BCUT2D eigenvalue weighted by Crippen LogP contribution is -2.42. The van der Waals surface area contributed by atoms with E-state index in [1.54, 1.807) is 14.1 Å². The van der Waals surface area contributed by atoms with Gasteiger partial charge in [-0.25, -0.2) is 4.99 Å². The second-order valence-corrected chi connectivity index (χ2v) is 8.24. The fourth-order valence-corrected chi connectivity index (χ4v) is 3.20. The van der Waals surface area contributed by atoms with Crippen LogP contribution in [0.4, 0.5) is 0 Å². The van der Waals surface area contributed by atoms with E-state index in [1.807, 2.05) is 18.2 Å². The highest BCUT2D eigenvalue weighted by Gasteiger charge is 2.18. The van der Waals surface area contributed by atoms with Gasteiger partial charge in [0.25, 0.3) is 0 Å². The van der Waals surface area contributed by atoms with E-state index in [0.29, 0.717) is 25.7 Å². The van der Waals surface area contributed by atoms with Crippen molar-refractivity contribution in [2.75, 3.05) is 47.0 Å². The van der Waals surface area contributed by atoms with Crippen LogP contribution in [0.2, 0.25) is 0 Å². The Kier molecular flexibility index (Phi) is 11.1. The Morgan fingerprint density at radius 1 is 1.22 bits per heavy atom. The van der Waals surface area contributed by atoms with Gasteiger partial charge in [0.1, 0.15) is 6.54 Å². The van der Waals surface area contributed by atoms with E-state index in [9.17, 15) is 4.79 Å². The van der Waals surface area contributed by atoms with E-state index in [-0.39, 0.29) is 24.6 Å². The Morgan fingerprint density at radius 2 is 1.94 bits per heavy atom. The van der Waals surface area contributed by atoms with Gasteiger partial charge in [-0.2, -0.15) is 0 Å². The third kappa shape index (κ3) is 8.57. The number of likely N-dealkylation sites (N-methyl/N-ethyl adjacent to an activating group) is 1. The molecule has 0 aromatic heterocycles. The number of rotatable bonds is 12. The molecule has 2 unspecified atom stereocenters. The normalized spacial score (nSPS) is 17.0. The number of nitrogens with one attached hydrogen (secondary N) is 2. The second-order valence-electron chi connectivity index (χ2n) is 8.24. The third-order valence-electron chi connectivity index (χ3n) is 5.14. The number of hydrogen-bond donors (Lipinski definition) is 2. The van der Waals surface area contributed by atoms with Crippen LogP contribution in [0.15, 0.2) is 23.2 Å². The summed E-state index contributed by atoms with van der Waals surface area (Å²) in [6.45, 7) is 9.04. The van der Waals surface area contributed by atoms with Crippen LogP contribution in [0.25, 0.3) is 0 Å². The SMILES string of the molecule is CCCOc1ccc(C(C)NC(=NCC(=O)N(C)C)NCC2CCCO2)cc1OCCC. The molecule has 0 spiro atoms. The van der Waals surface area contributed by atoms with Gasteiger partial charge in [-0.3, -0.25) is 4.79 Å². The zero-order chi connectivity index (χ0) is 23.3. The van der Waals surface area contributed by atoms with Crippen LogP contribution in [-0.2, 0) is 9.53 Å². The zero-order valence-corrected chi connectivity index (χ0v) is 20.3. The molecule has 0 bridgehead atoms. The van der Waals surface area contributed by atoms with Gasteiger partial charge in [0, 0.05) is 27.2 Å². The van der Waals surface area contributed by atoms with Gasteiger partial charge in [-0.05, 0) is 50.3 Å². The van der Waals surface area contributed by atoms with Gasteiger partial charge >= 0.3 is 0 Å². The van der Waals surface area contributed by atoms with Crippen molar-refractivity contribution in [3.63, 3.8) is 0 Å². The van der Waals surface area contributed by atoms with E-state index in [1.165, 1.54) is 4.90 Å². The van der Waals surface area contributed by atoms with Crippen LogP contribution in [0.1, 0.15) is 58.1 Å². The molecule has 2 rings (SSSR count). The number of hydrogen-bond acceptors (Lipinski definition) is 5. The standard InChI is InChI=1S/C24H40N4O4/c1-6-12-31-21-11-10-19(15-22(21)32-13-7-2)18(3)27-24(26-17-23(29)28(4)5)25-16-20-9-8-14-30-20/h10-11,15,18,20H,6-9,12-14,16-17H2,1-5H3,(H2,25,26,27). The molecule has 1 aromatic carbocycles. The van der Waals surface area contributed by atoms with Crippen LogP contribution < -0.4 is 20.1 Å². The Hall–Kier alpha value is -2.48. The van der Waals surface area contributed by atoms with Gasteiger partial charge in [-0.1, -0.05) is 19.9 Å². The summed E-state index contributed by atoms with van der Waals surface area (Å²) >= 11 is 0. The van der Waals surface area contributed by atoms with Crippen molar-refractivity contribution in [1.82, 2.24) is 15.5 Å². The molecular formula is C24H40N4O4. The van der Waals surface area contributed by atoms with Crippen molar-refractivity contribution in [3.8, 4) is 11.5 Å². The van der Waals surface area contributed by atoms with Crippen LogP contribution in [-0.4, -0.2) is 69.9 Å². The van der Waals surface area contributed by atoms with Crippen LogP contribution >= 0.6 is 0 Å². The van der Waals surface area contributed by atoms with Gasteiger partial charge in [0.15, 0.2) is 17.5 Å². The number of benzene rings is 1. The van der Waals surface area contributed by atoms with E-state index >= 15 is 0 Å². The monoisotopic (exact) mass is 448 g/mol. The lowest BCUT2D eigenvalue weighted by molar-refractivity contribution is -0.127. The van der Waals surface area contributed by atoms with E-state index in [2.05, 4.69) is 36.4 Å². The molecule has 32 heavy (non-hydrogen) atoms. The molecule has 1 aromatic rings.